The molecule has 1 N–H and O–H groups in total. The number of hydrogen-bond acceptors (Lipinski definition) is 4. The van der Waals surface area contributed by atoms with E-state index in [0.29, 0.717) is 5.02 Å². The Morgan fingerprint density at radius 2 is 1.84 bits per heavy atom. The van der Waals surface area contributed by atoms with Gasteiger partial charge < -0.3 is 10.0 Å². The number of aromatic nitrogens is 2. The first kappa shape index (κ1) is 24.0. The Labute approximate surface area is 192 Å². The highest BCUT2D eigenvalue weighted by Crippen LogP contribution is 2.39. The van der Waals surface area contributed by atoms with E-state index in [1.165, 1.54) is 16.7 Å². The van der Waals surface area contributed by atoms with Crippen LogP contribution in [0.2, 0.25) is 10.0 Å². The van der Waals surface area contributed by atoms with Crippen LogP contribution in [0.15, 0.2) is 54.9 Å². The molecule has 0 radical (unpaired) electrons. The molecule has 5 nitrogen and oxygen atoms in total. The fourth-order valence-corrected chi connectivity index (χ4v) is 4.10. The minimum Gasteiger partial charge on any atom is -0.475 e. The maximum atomic E-state index is 10.6. The average Bonchev–Trinajstić information content (AvgIpc) is 2.74. The van der Waals surface area contributed by atoms with Gasteiger partial charge in [-0.3, -0.25) is 0 Å². The van der Waals surface area contributed by atoms with E-state index >= 15 is 0 Å². The molecular weight excluding hydrogens is 466 g/mol. The number of benzene rings is 2. The number of rotatable bonds is 2. The van der Waals surface area contributed by atoms with Gasteiger partial charge in [-0.2, -0.15) is 23.4 Å². The van der Waals surface area contributed by atoms with Crippen LogP contribution in [0, 0.1) is 0 Å². The van der Waals surface area contributed by atoms with Gasteiger partial charge in [-0.1, -0.05) is 47.5 Å². The van der Waals surface area contributed by atoms with Crippen LogP contribution < -0.4 is 0 Å². The molecule has 10 heteroatoms. The van der Waals surface area contributed by atoms with Crippen molar-refractivity contribution >= 4 is 29.2 Å². The zero-order valence-electron chi connectivity index (χ0n) is 16.8. The lowest BCUT2D eigenvalue weighted by molar-refractivity contribution is -0.192. The second-order valence-corrected chi connectivity index (χ2v) is 8.11. The van der Waals surface area contributed by atoms with Gasteiger partial charge in [0.25, 0.3) is 0 Å². The number of alkyl halides is 3. The summed E-state index contributed by atoms with van der Waals surface area (Å²) in [6, 6.07) is 14.4. The van der Waals surface area contributed by atoms with Crippen LogP contribution in [0.4, 0.5) is 13.2 Å². The second-order valence-electron chi connectivity index (χ2n) is 7.26. The monoisotopic (exact) mass is 483 g/mol. The Kier molecular flexibility index (Phi) is 7.38. The molecule has 0 fully saturated rings. The quantitative estimate of drug-likeness (QED) is 0.509. The first-order valence-electron chi connectivity index (χ1n) is 9.39. The summed E-state index contributed by atoms with van der Waals surface area (Å²) in [7, 11) is 2.12. The Balaban J connectivity index is 0.000000360. The van der Waals surface area contributed by atoms with Gasteiger partial charge in [-0.25, -0.2) is 4.79 Å². The summed E-state index contributed by atoms with van der Waals surface area (Å²) in [4.78, 5) is 11.2. The van der Waals surface area contributed by atoms with E-state index in [-0.39, 0.29) is 5.92 Å². The maximum Gasteiger partial charge on any atom is 0.490 e. The summed E-state index contributed by atoms with van der Waals surface area (Å²) in [6.45, 7) is 1.78. The molecule has 0 spiro atoms. The number of nitrogens with zero attached hydrogens (tertiary/aromatic N) is 3. The third kappa shape index (κ3) is 5.76. The highest BCUT2D eigenvalue weighted by molar-refractivity contribution is 6.35. The molecule has 2 aromatic carbocycles. The van der Waals surface area contributed by atoms with Crippen LogP contribution in [0.3, 0.4) is 0 Å². The lowest BCUT2D eigenvalue weighted by Gasteiger charge is -2.33. The minimum absolute atomic E-state index is 0.236. The smallest absolute Gasteiger partial charge is 0.475 e. The Morgan fingerprint density at radius 1 is 1.12 bits per heavy atom. The van der Waals surface area contributed by atoms with E-state index in [4.69, 9.17) is 33.1 Å². The van der Waals surface area contributed by atoms with E-state index in [0.717, 1.165) is 29.2 Å². The fourth-order valence-electron chi connectivity index (χ4n) is 3.53. The molecule has 0 saturated carbocycles. The lowest BCUT2D eigenvalue weighted by atomic mass is 9.84. The number of aliphatic carboxylic acids is 1. The SMILES string of the molecule is CN1Cc2c(Cl)cc(Cl)cc2[C@H](c2cccc(-c3ccnnc3)c2)C1.O=C(O)C(F)(F)F. The standard InChI is InChI=1S/C20H17Cl2N3.C2HF3O2/c1-25-11-18(17-8-16(21)9-20(22)19(17)12-25)14-4-2-3-13(7-14)15-5-6-23-24-10-15;3-2(4,5)1(6)7/h2-10,18H,11-12H2,1H3;(H,6,7)/t18-;/m0./s1. The number of likely N-dealkylation sites (N-methyl/N-ethyl adjacent to an activating group) is 1. The third-order valence-electron chi connectivity index (χ3n) is 4.94. The molecule has 0 saturated heterocycles. The van der Waals surface area contributed by atoms with Crippen LogP contribution in [-0.4, -0.2) is 45.9 Å². The topological polar surface area (TPSA) is 66.3 Å². The van der Waals surface area contributed by atoms with E-state index < -0.39 is 12.1 Å². The molecule has 0 bridgehead atoms. The largest absolute Gasteiger partial charge is 0.490 e. The Bertz CT molecular complexity index is 1110. The average molecular weight is 484 g/mol. The van der Waals surface area contributed by atoms with E-state index in [1.807, 2.05) is 12.1 Å². The fraction of sp³-hybridized carbons (Fsp3) is 0.227. The van der Waals surface area contributed by atoms with Gasteiger partial charge in [-0.15, -0.1) is 0 Å². The van der Waals surface area contributed by atoms with Gasteiger partial charge in [0.15, 0.2) is 0 Å². The highest BCUT2D eigenvalue weighted by atomic mass is 35.5. The molecule has 0 aliphatic carbocycles. The summed E-state index contributed by atoms with van der Waals surface area (Å²) < 4.78 is 31.7. The summed E-state index contributed by atoms with van der Waals surface area (Å²) in [5, 5.41) is 16.4. The maximum absolute atomic E-state index is 10.6. The van der Waals surface area contributed by atoms with E-state index in [9.17, 15) is 13.2 Å². The molecule has 0 amide bonds. The number of hydrogen-bond donors (Lipinski definition) is 1. The number of carboxylic acids is 1. The molecular formula is C22H18Cl2F3N3O2. The first-order chi connectivity index (χ1) is 15.1. The van der Waals surface area contributed by atoms with Crippen molar-refractivity contribution in [3.63, 3.8) is 0 Å². The molecule has 1 aliphatic rings. The van der Waals surface area contributed by atoms with Crippen LogP contribution in [0.1, 0.15) is 22.6 Å². The van der Waals surface area contributed by atoms with Crippen molar-refractivity contribution in [3.8, 4) is 11.1 Å². The molecule has 168 valence electrons. The molecule has 1 aromatic heterocycles. The van der Waals surface area contributed by atoms with Crippen molar-refractivity contribution in [2.24, 2.45) is 0 Å². The van der Waals surface area contributed by atoms with Crippen LogP contribution in [0.5, 0.6) is 0 Å². The predicted molar refractivity (Wildman–Crippen MR) is 116 cm³/mol. The summed E-state index contributed by atoms with van der Waals surface area (Å²) in [5.74, 6) is -2.52. The molecule has 4 rings (SSSR count). The lowest BCUT2D eigenvalue weighted by Crippen LogP contribution is -2.31. The number of carbonyl (C=O) groups is 1. The van der Waals surface area contributed by atoms with E-state index in [2.05, 4.69) is 52.5 Å². The molecule has 0 unspecified atom stereocenters. The Hall–Kier alpha value is -2.68. The van der Waals surface area contributed by atoms with Crippen LogP contribution in [0.25, 0.3) is 11.1 Å². The van der Waals surface area contributed by atoms with Gasteiger partial charge in [0.05, 0.1) is 12.4 Å². The first-order valence-corrected chi connectivity index (χ1v) is 10.2. The van der Waals surface area contributed by atoms with Gasteiger partial charge in [0.1, 0.15) is 0 Å². The number of halogens is 5. The van der Waals surface area contributed by atoms with Gasteiger partial charge in [-0.05, 0) is 47.5 Å². The Morgan fingerprint density at radius 3 is 2.47 bits per heavy atom. The van der Waals surface area contributed by atoms with Crippen molar-refractivity contribution < 1.29 is 23.1 Å². The van der Waals surface area contributed by atoms with Crippen molar-refractivity contribution in [3.05, 3.63) is 81.6 Å². The summed E-state index contributed by atoms with van der Waals surface area (Å²) >= 11 is 12.8. The van der Waals surface area contributed by atoms with Crippen molar-refractivity contribution in [1.29, 1.82) is 0 Å². The van der Waals surface area contributed by atoms with Crippen LogP contribution in [-0.2, 0) is 11.3 Å². The second kappa shape index (κ2) is 9.85. The van der Waals surface area contributed by atoms with Crippen molar-refractivity contribution in [2.45, 2.75) is 18.6 Å². The van der Waals surface area contributed by atoms with E-state index in [1.54, 1.807) is 12.4 Å². The zero-order valence-corrected chi connectivity index (χ0v) is 18.3. The van der Waals surface area contributed by atoms with Gasteiger partial charge >= 0.3 is 12.1 Å². The molecule has 32 heavy (non-hydrogen) atoms. The normalized spacial score (nSPS) is 16.0. The van der Waals surface area contributed by atoms with Crippen molar-refractivity contribution in [2.75, 3.05) is 13.6 Å². The van der Waals surface area contributed by atoms with Crippen molar-refractivity contribution in [1.82, 2.24) is 15.1 Å². The molecule has 3 aromatic rings. The molecule has 1 aliphatic heterocycles. The molecule has 1 atom stereocenters. The highest BCUT2D eigenvalue weighted by Gasteiger charge is 2.38. The minimum atomic E-state index is -5.08. The van der Waals surface area contributed by atoms with Gasteiger partial charge in [0.2, 0.25) is 0 Å². The zero-order chi connectivity index (χ0) is 23.5. The summed E-state index contributed by atoms with van der Waals surface area (Å²) in [5.41, 5.74) is 5.84. The van der Waals surface area contributed by atoms with Crippen LogP contribution >= 0.6 is 23.2 Å². The third-order valence-corrected chi connectivity index (χ3v) is 5.50. The molecule has 2 heterocycles. The number of fused-ring (bicyclic) bond motifs is 1. The summed E-state index contributed by atoms with van der Waals surface area (Å²) in [6.07, 6.45) is -1.58. The number of carboxylic acid groups (broad SMARTS) is 1. The van der Waals surface area contributed by atoms with Gasteiger partial charge in [0, 0.05) is 34.6 Å². The predicted octanol–water partition coefficient (Wildman–Crippen LogP) is 5.66.